The Morgan fingerprint density at radius 3 is 2.74 bits per heavy atom. The van der Waals surface area contributed by atoms with Crippen molar-refractivity contribution >= 4 is 21.6 Å². The molecule has 1 N–H and O–H groups in total. The highest BCUT2D eigenvalue weighted by molar-refractivity contribution is 7.89. The van der Waals surface area contributed by atoms with Crippen molar-refractivity contribution in [3.05, 3.63) is 40.4 Å². The maximum atomic E-state index is 12.5. The van der Waals surface area contributed by atoms with Gasteiger partial charge in [0, 0.05) is 18.1 Å². The second kappa shape index (κ2) is 5.63. The van der Waals surface area contributed by atoms with Gasteiger partial charge in [-0.3, -0.25) is 0 Å². The molecule has 0 spiro atoms. The summed E-state index contributed by atoms with van der Waals surface area (Å²) in [4.78, 5) is 0.171. The van der Waals surface area contributed by atoms with Crippen LogP contribution in [-0.2, 0) is 16.6 Å². The van der Waals surface area contributed by atoms with E-state index in [1.807, 2.05) is 13.0 Å². The first-order valence-corrected chi connectivity index (χ1v) is 7.82. The lowest BCUT2D eigenvalue weighted by Crippen LogP contribution is -2.35. The molecule has 0 fully saturated rings. The summed E-state index contributed by atoms with van der Waals surface area (Å²) in [5.41, 5.74) is 1.57. The third kappa shape index (κ3) is 3.00. The van der Waals surface area contributed by atoms with E-state index in [4.69, 9.17) is 16.7 Å². The summed E-state index contributed by atoms with van der Waals surface area (Å²) in [6.07, 6.45) is 2.78. The third-order valence-corrected chi connectivity index (χ3v) is 5.32. The van der Waals surface area contributed by atoms with Crippen LogP contribution >= 0.6 is 11.6 Å². The molecule has 1 heterocycles. The highest BCUT2D eigenvalue weighted by atomic mass is 35.5. The monoisotopic (exact) mass is 301 g/mol. The van der Waals surface area contributed by atoms with Crippen LogP contribution in [0.3, 0.4) is 0 Å². The Morgan fingerprint density at radius 1 is 1.42 bits per heavy atom. The van der Waals surface area contributed by atoms with Gasteiger partial charge in [0.25, 0.3) is 0 Å². The van der Waals surface area contributed by atoms with Gasteiger partial charge in [0.15, 0.2) is 0 Å². The average molecular weight is 302 g/mol. The van der Waals surface area contributed by atoms with Crippen molar-refractivity contribution in [3.63, 3.8) is 0 Å². The Bertz CT molecular complexity index is 610. The Balaban J connectivity index is 2.34. The predicted molar refractivity (Wildman–Crippen MR) is 74.5 cm³/mol. The Hall–Kier alpha value is -0.880. The molecule has 0 aromatic heterocycles. The molecule has 0 unspecified atom stereocenters. The van der Waals surface area contributed by atoms with Crippen molar-refractivity contribution in [3.8, 4) is 0 Å². The van der Waals surface area contributed by atoms with E-state index in [1.54, 1.807) is 6.07 Å². The van der Waals surface area contributed by atoms with Gasteiger partial charge in [-0.05, 0) is 31.0 Å². The summed E-state index contributed by atoms with van der Waals surface area (Å²) in [5.74, 6) is 0. The van der Waals surface area contributed by atoms with Gasteiger partial charge in [0.2, 0.25) is 10.0 Å². The van der Waals surface area contributed by atoms with E-state index in [0.29, 0.717) is 18.7 Å². The minimum atomic E-state index is -3.52. The van der Waals surface area contributed by atoms with Crippen LogP contribution in [0.4, 0.5) is 0 Å². The maximum Gasteiger partial charge on any atom is 0.243 e. The van der Waals surface area contributed by atoms with Gasteiger partial charge in [0.1, 0.15) is 0 Å². The highest BCUT2D eigenvalue weighted by Crippen LogP contribution is 2.25. The molecule has 0 aliphatic carbocycles. The summed E-state index contributed by atoms with van der Waals surface area (Å²) in [7, 11) is -3.52. The lowest BCUT2D eigenvalue weighted by Gasteiger charge is -2.25. The molecular weight excluding hydrogens is 286 g/mol. The smallest absolute Gasteiger partial charge is 0.243 e. The molecule has 6 heteroatoms. The van der Waals surface area contributed by atoms with Crippen molar-refractivity contribution in [1.29, 1.82) is 0 Å². The largest absolute Gasteiger partial charge is 0.392 e. The molecule has 19 heavy (non-hydrogen) atoms. The maximum absolute atomic E-state index is 12.5. The van der Waals surface area contributed by atoms with Crippen LogP contribution in [0, 0.1) is 0 Å². The summed E-state index contributed by atoms with van der Waals surface area (Å²) in [5, 5.41) is 9.31. The molecule has 0 radical (unpaired) electrons. The fourth-order valence-corrected chi connectivity index (χ4v) is 3.88. The number of nitrogens with zero attached hydrogens (tertiary/aromatic N) is 1. The normalized spacial score (nSPS) is 17.3. The van der Waals surface area contributed by atoms with E-state index >= 15 is 0 Å². The van der Waals surface area contributed by atoms with E-state index in [2.05, 4.69) is 0 Å². The molecule has 0 amide bonds. The van der Waals surface area contributed by atoms with E-state index in [0.717, 1.165) is 12.0 Å². The topological polar surface area (TPSA) is 57.6 Å². The van der Waals surface area contributed by atoms with Crippen molar-refractivity contribution in [1.82, 2.24) is 4.31 Å². The fourth-order valence-electron chi connectivity index (χ4n) is 2.05. The summed E-state index contributed by atoms with van der Waals surface area (Å²) >= 11 is 5.95. The van der Waals surface area contributed by atoms with Gasteiger partial charge in [0.05, 0.1) is 11.5 Å². The van der Waals surface area contributed by atoms with Gasteiger partial charge in [-0.25, -0.2) is 8.42 Å². The molecule has 0 saturated carbocycles. The number of hydrogen-bond acceptors (Lipinski definition) is 3. The zero-order valence-electron chi connectivity index (χ0n) is 10.6. The molecule has 1 aromatic carbocycles. The number of halogens is 1. The molecule has 0 saturated heterocycles. The molecule has 2 rings (SSSR count). The van der Waals surface area contributed by atoms with Crippen LogP contribution in [0.25, 0.3) is 0 Å². The van der Waals surface area contributed by atoms with Crippen LogP contribution < -0.4 is 0 Å². The van der Waals surface area contributed by atoms with Crippen molar-refractivity contribution in [2.45, 2.75) is 24.8 Å². The second-order valence-corrected chi connectivity index (χ2v) is 6.93. The number of hydrogen-bond donors (Lipinski definition) is 1. The number of benzene rings is 1. The minimum absolute atomic E-state index is 0.171. The average Bonchev–Trinajstić information content (AvgIpc) is 2.38. The molecule has 1 aromatic rings. The first-order valence-electron chi connectivity index (χ1n) is 6.00. The molecule has 0 atom stereocenters. The fraction of sp³-hybridized carbons (Fsp3) is 0.385. The first-order chi connectivity index (χ1) is 8.95. The minimum Gasteiger partial charge on any atom is -0.392 e. The molecule has 0 bridgehead atoms. The zero-order chi connectivity index (χ0) is 14.0. The van der Waals surface area contributed by atoms with Gasteiger partial charge in [-0.15, -0.1) is 0 Å². The van der Waals surface area contributed by atoms with E-state index in [-0.39, 0.29) is 16.5 Å². The third-order valence-electron chi connectivity index (χ3n) is 3.13. The van der Waals surface area contributed by atoms with Gasteiger partial charge >= 0.3 is 0 Å². The van der Waals surface area contributed by atoms with Crippen LogP contribution in [0.1, 0.15) is 18.9 Å². The van der Waals surface area contributed by atoms with Crippen LogP contribution in [-0.4, -0.2) is 30.9 Å². The van der Waals surface area contributed by atoms with E-state index in [9.17, 15) is 8.42 Å². The standard InChI is InChI=1S/C13H16ClNO3S/c1-10-3-2-6-15(8-10)19(17,18)12-5-4-11(9-16)13(14)7-12/h3-5,7,16H,2,6,8-9H2,1H3. The number of sulfonamides is 1. The van der Waals surface area contributed by atoms with Gasteiger partial charge < -0.3 is 5.11 Å². The predicted octanol–water partition coefficient (Wildman–Crippen LogP) is 2.17. The summed E-state index contributed by atoms with van der Waals surface area (Å²) in [6, 6.07) is 4.43. The first kappa shape index (κ1) is 14.5. The number of rotatable bonds is 3. The lowest BCUT2D eigenvalue weighted by atomic mass is 10.2. The second-order valence-electron chi connectivity index (χ2n) is 4.59. The quantitative estimate of drug-likeness (QED) is 0.871. The molecule has 4 nitrogen and oxygen atoms in total. The zero-order valence-corrected chi connectivity index (χ0v) is 12.2. The van der Waals surface area contributed by atoms with E-state index < -0.39 is 10.0 Å². The number of aliphatic hydroxyl groups excluding tert-OH is 1. The molecule has 1 aliphatic rings. The highest BCUT2D eigenvalue weighted by Gasteiger charge is 2.26. The Labute approximate surface area is 118 Å². The SMILES string of the molecule is CC1=CCCN(S(=O)(=O)c2ccc(CO)c(Cl)c2)C1. The van der Waals surface area contributed by atoms with E-state index in [1.165, 1.54) is 16.4 Å². The Kier molecular flexibility index (Phi) is 4.30. The van der Waals surface area contributed by atoms with Crippen molar-refractivity contribution < 1.29 is 13.5 Å². The van der Waals surface area contributed by atoms with Crippen LogP contribution in [0.15, 0.2) is 34.7 Å². The van der Waals surface area contributed by atoms with Gasteiger partial charge in [-0.2, -0.15) is 4.31 Å². The molecule has 104 valence electrons. The number of aliphatic hydroxyl groups is 1. The van der Waals surface area contributed by atoms with Crippen molar-refractivity contribution in [2.75, 3.05) is 13.1 Å². The summed E-state index contributed by atoms with van der Waals surface area (Å²) in [6.45, 7) is 2.62. The van der Waals surface area contributed by atoms with Crippen LogP contribution in [0.5, 0.6) is 0 Å². The Morgan fingerprint density at radius 2 is 2.16 bits per heavy atom. The van der Waals surface area contributed by atoms with Crippen LogP contribution in [0.2, 0.25) is 5.02 Å². The molecule has 1 aliphatic heterocycles. The van der Waals surface area contributed by atoms with Crippen molar-refractivity contribution in [2.24, 2.45) is 0 Å². The summed E-state index contributed by atoms with van der Waals surface area (Å²) < 4.78 is 26.4. The molecular formula is C13H16ClNO3S. The lowest BCUT2D eigenvalue weighted by molar-refractivity contribution is 0.282. The van der Waals surface area contributed by atoms with Gasteiger partial charge in [-0.1, -0.05) is 29.3 Å².